The molecule has 0 aromatic carbocycles. The van der Waals surface area contributed by atoms with Crippen molar-refractivity contribution in [2.45, 2.75) is 44.6 Å². The van der Waals surface area contributed by atoms with Crippen molar-refractivity contribution in [2.75, 3.05) is 26.9 Å². The molecule has 2 N–H and O–H groups in total. The molecule has 2 aliphatic carbocycles. The maximum absolute atomic E-state index is 10.6. The van der Waals surface area contributed by atoms with E-state index in [-0.39, 0.29) is 18.4 Å². The van der Waals surface area contributed by atoms with Crippen molar-refractivity contribution >= 4 is 5.97 Å². The number of carboxylic acids is 1. The first-order chi connectivity index (χ1) is 11.6. The molecule has 0 bridgehead atoms. The van der Waals surface area contributed by atoms with Gasteiger partial charge in [0.25, 0.3) is 0 Å². The van der Waals surface area contributed by atoms with Gasteiger partial charge in [-0.25, -0.2) is 0 Å². The molecule has 2 rings (SSSR count). The molecule has 1 saturated carbocycles. The first-order valence-electron chi connectivity index (χ1n) is 8.94. The Hall–Kier alpha value is -1.17. The molecule has 5 nitrogen and oxygen atoms in total. The number of carboxylic acid groups (broad SMARTS) is 1. The van der Waals surface area contributed by atoms with Crippen LogP contribution in [0.3, 0.4) is 0 Å². The van der Waals surface area contributed by atoms with Crippen LogP contribution in [0.4, 0.5) is 0 Å². The Labute approximate surface area is 144 Å². The fraction of sp³-hybridized carbons (Fsp3) is 0.737. The molecular weight excluding hydrogens is 308 g/mol. The van der Waals surface area contributed by atoms with Crippen molar-refractivity contribution in [3.63, 3.8) is 0 Å². The normalized spacial score (nSPS) is 29.2. The Morgan fingerprint density at radius 3 is 2.96 bits per heavy atom. The van der Waals surface area contributed by atoms with E-state index in [1.807, 2.05) is 6.08 Å². The lowest BCUT2D eigenvalue weighted by Crippen LogP contribution is -2.16. The monoisotopic (exact) mass is 338 g/mol. The zero-order valence-corrected chi connectivity index (χ0v) is 14.5. The number of hydrogen-bond donors (Lipinski definition) is 2. The fourth-order valence-corrected chi connectivity index (χ4v) is 3.92. The minimum Gasteiger partial charge on any atom is -0.481 e. The highest BCUT2D eigenvalue weighted by molar-refractivity contribution is 5.66. The summed E-state index contributed by atoms with van der Waals surface area (Å²) in [7, 11) is 1.65. The van der Waals surface area contributed by atoms with Crippen LogP contribution in [0.15, 0.2) is 23.8 Å². The van der Waals surface area contributed by atoms with E-state index in [0.717, 1.165) is 32.1 Å². The highest BCUT2D eigenvalue weighted by atomic mass is 16.5. The lowest BCUT2D eigenvalue weighted by Gasteiger charge is -2.15. The summed E-state index contributed by atoms with van der Waals surface area (Å²) in [5.41, 5.74) is 1.44. The van der Waals surface area contributed by atoms with Gasteiger partial charge in [0.05, 0.1) is 25.9 Å². The molecule has 2 unspecified atom stereocenters. The highest BCUT2D eigenvalue weighted by Crippen LogP contribution is 2.48. The van der Waals surface area contributed by atoms with Crippen molar-refractivity contribution in [1.82, 2.24) is 0 Å². The molecule has 24 heavy (non-hydrogen) atoms. The van der Waals surface area contributed by atoms with E-state index in [1.54, 1.807) is 7.11 Å². The van der Waals surface area contributed by atoms with Crippen LogP contribution in [0.2, 0.25) is 0 Å². The lowest BCUT2D eigenvalue weighted by molar-refractivity contribution is -0.137. The van der Waals surface area contributed by atoms with Gasteiger partial charge in [0, 0.05) is 19.4 Å². The number of hydrogen-bond acceptors (Lipinski definition) is 4. The smallest absolute Gasteiger partial charge is 0.303 e. The van der Waals surface area contributed by atoms with Gasteiger partial charge in [0.1, 0.15) is 0 Å². The van der Waals surface area contributed by atoms with Gasteiger partial charge < -0.3 is 19.7 Å². The molecule has 0 aromatic rings. The number of aliphatic hydroxyl groups excluding tert-OH is 1. The number of carbonyl (C=O) groups is 1. The number of unbranched alkanes of at least 4 members (excludes halogenated alkanes) is 1. The standard InChI is InChI=1S/C19H30O5/c1-23-9-10-24-8-4-6-16-17-12-14(5-2-3-7-19(21)22)11-15(17)13-18(16)20/h4,6,12,15-18,20H,2-3,5,7-11,13H2,1H3,(H,21,22)/b6-4+/t15?,16-,17?,18-/m1/s1. The van der Waals surface area contributed by atoms with Crippen molar-refractivity contribution in [3.05, 3.63) is 23.8 Å². The third-order valence-electron chi connectivity index (χ3n) is 5.07. The molecule has 0 spiro atoms. The highest BCUT2D eigenvalue weighted by Gasteiger charge is 2.42. The predicted molar refractivity (Wildman–Crippen MR) is 91.7 cm³/mol. The van der Waals surface area contributed by atoms with Crippen molar-refractivity contribution in [1.29, 1.82) is 0 Å². The zero-order valence-electron chi connectivity index (χ0n) is 14.5. The van der Waals surface area contributed by atoms with Gasteiger partial charge in [0.2, 0.25) is 0 Å². The summed E-state index contributed by atoms with van der Waals surface area (Å²) in [5.74, 6) is 0.425. The van der Waals surface area contributed by atoms with E-state index in [9.17, 15) is 9.90 Å². The molecule has 2 aliphatic rings. The molecule has 0 aliphatic heterocycles. The Bertz CT molecular complexity index is 457. The number of allylic oxidation sites excluding steroid dienone is 2. The average molecular weight is 338 g/mol. The average Bonchev–Trinajstić information content (AvgIpc) is 3.04. The maximum Gasteiger partial charge on any atom is 0.303 e. The lowest BCUT2D eigenvalue weighted by atomic mass is 9.92. The van der Waals surface area contributed by atoms with Crippen LogP contribution in [-0.4, -0.2) is 49.2 Å². The van der Waals surface area contributed by atoms with Crippen molar-refractivity contribution < 1.29 is 24.5 Å². The third-order valence-corrected chi connectivity index (χ3v) is 5.07. The fourth-order valence-electron chi connectivity index (χ4n) is 3.92. The van der Waals surface area contributed by atoms with E-state index >= 15 is 0 Å². The second-order valence-corrected chi connectivity index (χ2v) is 6.84. The van der Waals surface area contributed by atoms with E-state index in [1.165, 1.54) is 5.57 Å². The molecule has 1 fully saturated rings. The van der Waals surface area contributed by atoms with Gasteiger partial charge in [0.15, 0.2) is 0 Å². The van der Waals surface area contributed by atoms with E-state index in [4.69, 9.17) is 14.6 Å². The Kier molecular flexibility index (Phi) is 7.95. The predicted octanol–water partition coefficient (Wildman–Crippen LogP) is 2.79. The summed E-state index contributed by atoms with van der Waals surface area (Å²) in [6, 6.07) is 0. The molecule has 0 heterocycles. The minimum absolute atomic E-state index is 0.178. The van der Waals surface area contributed by atoms with E-state index in [0.29, 0.717) is 31.7 Å². The van der Waals surface area contributed by atoms with Crippen LogP contribution in [0.1, 0.15) is 38.5 Å². The third kappa shape index (κ3) is 5.72. The van der Waals surface area contributed by atoms with Gasteiger partial charge in [-0.05, 0) is 43.9 Å². The van der Waals surface area contributed by atoms with Gasteiger partial charge >= 0.3 is 5.97 Å². The van der Waals surface area contributed by atoms with Crippen molar-refractivity contribution in [3.8, 4) is 0 Å². The number of rotatable bonds is 11. The zero-order chi connectivity index (χ0) is 17.4. The summed E-state index contributed by atoms with van der Waals surface area (Å²) in [6.07, 6.45) is 11.0. The molecule has 136 valence electrons. The second-order valence-electron chi connectivity index (χ2n) is 6.84. The molecule has 4 atom stereocenters. The Morgan fingerprint density at radius 2 is 2.21 bits per heavy atom. The van der Waals surface area contributed by atoms with Gasteiger partial charge in [-0.1, -0.05) is 23.8 Å². The van der Waals surface area contributed by atoms with Crippen LogP contribution >= 0.6 is 0 Å². The summed E-state index contributed by atoms with van der Waals surface area (Å²) in [5, 5.41) is 19.0. The SMILES string of the molecule is COCCOC/C=C/[C@@H]1C2C=C(CCCCC(=O)O)CC2C[C@H]1O. The summed E-state index contributed by atoms with van der Waals surface area (Å²) < 4.78 is 10.4. The Balaban J connectivity index is 1.76. The number of aliphatic hydroxyl groups is 1. The van der Waals surface area contributed by atoms with Crippen LogP contribution in [-0.2, 0) is 14.3 Å². The van der Waals surface area contributed by atoms with Gasteiger partial charge in [-0.2, -0.15) is 0 Å². The largest absolute Gasteiger partial charge is 0.481 e. The summed E-state index contributed by atoms with van der Waals surface area (Å²) in [6.45, 7) is 1.73. The maximum atomic E-state index is 10.6. The first kappa shape index (κ1) is 19.2. The van der Waals surface area contributed by atoms with Crippen molar-refractivity contribution in [2.24, 2.45) is 17.8 Å². The molecule has 0 aromatic heterocycles. The molecular formula is C19H30O5. The molecule has 0 amide bonds. The quantitative estimate of drug-likeness (QED) is 0.447. The number of aliphatic carboxylic acids is 1. The molecule has 0 radical (unpaired) electrons. The van der Waals surface area contributed by atoms with Crippen LogP contribution in [0, 0.1) is 17.8 Å². The van der Waals surface area contributed by atoms with Gasteiger partial charge in [-0.3, -0.25) is 4.79 Å². The van der Waals surface area contributed by atoms with Crippen LogP contribution < -0.4 is 0 Å². The number of ether oxygens (including phenoxy) is 2. The summed E-state index contributed by atoms with van der Waals surface area (Å²) >= 11 is 0. The van der Waals surface area contributed by atoms with E-state index < -0.39 is 5.97 Å². The minimum atomic E-state index is -0.715. The number of methoxy groups -OCH3 is 1. The van der Waals surface area contributed by atoms with Crippen LogP contribution in [0.25, 0.3) is 0 Å². The van der Waals surface area contributed by atoms with Gasteiger partial charge in [-0.15, -0.1) is 0 Å². The topological polar surface area (TPSA) is 76.0 Å². The van der Waals surface area contributed by atoms with Crippen LogP contribution in [0.5, 0.6) is 0 Å². The second kappa shape index (κ2) is 9.97. The first-order valence-corrected chi connectivity index (χ1v) is 8.94. The Morgan fingerprint density at radius 1 is 1.38 bits per heavy atom. The molecule has 5 heteroatoms. The summed E-state index contributed by atoms with van der Waals surface area (Å²) in [4.78, 5) is 10.6. The van der Waals surface area contributed by atoms with E-state index in [2.05, 4.69) is 12.2 Å². The number of fused-ring (bicyclic) bond motifs is 1. The molecule has 0 saturated heterocycles.